The fraction of sp³-hybridized carbons (Fsp3) is 0.364. The number of sulfone groups is 1. The molecular weight excluding hydrogens is 404 g/mol. The Morgan fingerprint density at radius 3 is 2.50 bits per heavy atom. The first kappa shape index (κ1) is 21.8. The second-order valence-electron chi connectivity index (χ2n) is 7.56. The number of esters is 1. The molecule has 1 aliphatic heterocycles. The molecule has 8 heteroatoms. The van der Waals surface area contributed by atoms with E-state index in [1.54, 1.807) is 18.2 Å². The minimum absolute atomic E-state index is 0.0498. The number of anilines is 2. The van der Waals surface area contributed by atoms with Crippen LogP contribution in [0.5, 0.6) is 0 Å². The van der Waals surface area contributed by atoms with Gasteiger partial charge in [-0.1, -0.05) is 24.3 Å². The zero-order valence-corrected chi connectivity index (χ0v) is 18.2. The van der Waals surface area contributed by atoms with Gasteiger partial charge in [0.1, 0.15) is 0 Å². The second-order valence-corrected chi connectivity index (χ2v) is 9.78. The summed E-state index contributed by atoms with van der Waals surface area (Å²) >= 11 is 0. The van der Waals surface area contributed by atoms with Gasteiger partial charge < -0.3 is 15.0 Å². The number of para-hydroxylation sites is 1. The van der Waals surface area contributed by atoms with Gasteiger partial charge in [0.05, 0.1) is 22.8 Å². The molecule has 0 bridgehead atoms. The molecule has 0 aromatic heterocycles. The van der Waals surface area contributed by atoms with E-state index in [9.17, 15) is 18.0 Å². The van der Waals surface area contributed by atoms with Crippen LogP contribution in [0.3, 0.4) is 0 Å². The predicted molar refractivity (Wildman–Crippen MR) is 116 cm³/mol. The van der Waals surface area contributed by atoms with Crippen LogP contribution < -0.4 is 5.32 Å². The molecule has 2 aromatic rings. The van der Waals surface area contributed by atoms with Crippen molar-refractivity contribution in [3.8, 4) is 0 Å². The van der Waals surface area contributed by atoms with Crippen molar-refractivity contribution in [2.24, 2.45) is 0 Å². The first-order valence-electron chi connectivity index (χ1n) is 9.73. The molecule has 1 amide bonds. The monoisotopic (exact) mass is 430 g/mol. The van der Waals surface area contributed by atoms with Crippen molar-refractivity contribution < 1.29 is 22.7 Å². The van der Waals surface area contributed by atoms with Gasteiger partial charge in [-0.2, -0.15) is 0 Å². The highest BCUT2D eigenvalue weighted by Crippen LogP contribution is 2.26. The Bertz CT molecular complexity index is 1060. The van der Waals surface area contributed by atoms with E-state index in [2.05, 4.69) is 5.32 Å². The number of hydrogen-bond donors (Lipinski definition) is 1. The van der Waals surface area contributed by atoms with Gasteiger partial charge in [-0.3, -0.25) is 4.79 Å². The third-order valence-corrected chi connectivity index (χ3v) is 7.25. The summed E-state index contributed by atoms with van der Waals surface area (Å²) in [5.74, 6) is -1.02. The number of aryl methyl sites for hydroxylation is 1. The molecule has 1 fully saturated rings. The Balaban J connectivity index is 1.66. The summed E-state index contributed by atoms with van der Waals surface area (Å²) in [7, 11) is -1.56. The third-order valence-electron chi connectivity index (χ3n) is 5.50. The number of carbonyl (C=O) groups is 2. The lowest BCUT2D eigenvalue weighted by molar-refractivity contribution is -0.134. The molecule has 1 saturated heterocycles. The van der Waals surface area contributed by atoms with E-state index in [0.29, 0.717) is 17.7 Å². The van der Waals surface area contributed by atoms with Crippen LogP contribution in [0.25, 0.3) is 0 Å². The predicted octanol–water partition coefficient (Wildman–Crippen LogP) is 2.85. The van der Waals surface area contributed by atoms with Gasteiger partial charge in [0.25, 0.3) is 5.91 Å². The van der Waals surface area contributed by atoms with Crippen LogP contribution in [-0.2, 0) is 19.4 Å². The zero-order chi connectivity index (χ0) is 21.9. The maximum atomic E-state index is 12.6. The maximum Gasteiger partial charge on any atom is 0.340 e. The van der Waals surface area contributed by atoms with Crippen molar-refractivity contribution in [2.45, 2.75) is 26.3 Å². The van der Waals surface area contributed by atoms with E-state index in [1.807, 2.05) is 38.1 Å². The highest BCUT2D eigenvalue weighted by Gasteiger charge is 2.33. The van der Waals surface area contributed by atoms with E-state index >= 15 is 0 Å². The van der Waals surface area contributed by atoms with Crippen molar-refractivity contribution in [1.29, 1.82) is 0 Å². The molecule has 2 aromatic carbocycles. The van der Waals surface area contributed by atoms with Crippen molar-refractivity contribution in [1.82, 2.24) is 4.90 Å². The minimum Gasteiger partial charge on any atom is -0.452 e. The van der Waals surface area contributed by atoms with Gasteiger partial charge in [-0.05, 0) is 49.6 Å². The Morgan fingerprint density at radius 1 is 1.10 bits per heavy atom. The van der Waals surface area contributed by atoms with E-state index in [0.717, 1.165) is 16.8 Å². The topological polar surface area (TPSA) is 92.8 Å². The summed E-state index contributed by atoms with van der Waals surface area (Å²) in [6.45, 7) is 3.57. The van der Waals surface area contributed by atoms with Gasteiger partial charge in [0.2, 0.25) is 0 Å². The second kappa shape index (κ2) is 8.87. The highest BCUT2D eigenvalue weighted by atomic mass is 32.2. The highest BCUT2D eigenvalue weighted by molar-refractivity contribution is 7.91. The average Bonchev–Trinajstić information content (AvgIpc) is 3.09. The molecule has 0 saturated carbocycles. The zero-order valence-electron chi connectivity index (χ0n) is 17.3. The summed E-state index contributed by atoms with van der Waals surface area (Å²) in [4.78, 5) is 26.4. The SMILES string of the molecule is Cc1cccc(Nc2ccccc2C(=O)OCC(=O)N(C)[C@@H]2CCS(=O)(=O)C2)c1C. The molecule has 3 rings (SSSR count). The van der Waals surface area contributed by atoms with Gasteiger partial charge in [0, 0.05) is 18.8 Å². The molecule has 0 unspecified atom stereocenters. The summed E-state index contributed by atoms with van der Waals surface area (Å²) in [6.07, 6.45) is 0.404. The molecule has 0 aliphatic carbocycles. The minimum atomic E-state index is -3.10. The van der Waals surface area contributed by atoms with E-state index in [1.165, 1.54) is 11.9 Å². The van der Waals surface area contributed by atoms with Crippen molar-refractivity contribution in [2.75, 3.05) is 30.5 Å². The summed E-state index contributed by atoms with van der Waals surface area (Å²) in [5.41, 5.74) is 3.98. The fourth-order valence-corrected chi connectivity index (χ4v) is 5.17. The lowest BCUT2D eigenvalue weighted by atomic mass is 10.1. The van der Waals surface area contributed by atoms with Crippen molar-refractivity contribution >= 4 is 33.1 Å². The number of nitrogens with one attached hydrogen (secondary N) is 1. The number of benzene rings is 2. The average molecular weight is 431 g/mol. The number of hydrogen-bond acceptors (Lipinski definition) is 6. The summed E-state index contributed by atoms with van der Waals surface area (Å²) in [6, 6.07) is 12.4. The Morgan fingerprint density at radius 2 is 1.80 bits per heavy atom. The standard InChI is InChI=1S/C22H26N2O5S/c1-15-7-6-10-19(16(15)2)23-20-9-5-4-8-18(20)22(26)29-13-21(25)24(3)17-11-12-30(27,28)14-17/h4-10,17,23H,11-14H2,1-3H3/t17-/m1/s1. The molecule has 0 spiro atoms. The van der Waals surface area contributed by atoms with Gasteiger partial charge >= 0.3 is 5.97 Å². The number of ether oxygens (including phenoxy) is 1. The Kier molecular flexibility index (Phi) is 6.45. The van der Waals surface area contributed by atoms with Gasteiger partial charge in [0.15, 0.2) is 16.4 Å². The van der Waals surface area contributed by atoms with Crippen LogP contribution in [0, 0.1) is 13.8 Å². The van der Waals surface area contributed by atoms with E-state index in [-0.39, 0.29) is 17.5 Å². The molecule has 7 nitrogen and oxygen atoms in total. The number of likely N-dealkylation sites (N-methyl/N-ethyl adjacent to an activating group) is 1. The molecular formula is C22H26N2O5S. The largest absolute Gasteiger partial charge is 0.452 e. The van der Waals surface area contributed by atoms with Crippen molar-refractivity contribution in [3.05, 3.63) is 59.2 Å². The fourth-order valence-electron chi connectivity index (χ4n) is 3.39. The maximum absolute atomic E-state index is 12.6. The third kappa shape index (κ3) is 4.99. The van der Waals surface area contributed by atoms with E-state index in [4.69, 9.17) is 4.74 Å². The number of rotatable bonds is 6. The molecule has 160 valence electrons. The normalized spacial score (nSPS) is 17.4. The van der Waals surface area contributed by atoms with Crippen LogP contribution >= 0.6 is 0 Å². The quantitative estimate of drug-likeness (QED) is 0.709. The van der Waals surface area contributed by atoms with E-state index < -0.39 is 28.3 Å². The lowest BCUT2D eigenvalue weighted by Gasteiger charge is -2.23. The lowest BCUT2D eigenvalue weighted by Crippen LogP contribution is -2.40. The number of carbonyl (C=O) groups excluding carboxylic acids is 2. The molecule has 1 aliphatic rings. The summed E-state index contributed by atoms with van der Waals surface area (Å²) < 4.78 is 28.5. The van der Waals surface area contributed by atoms with Crippen molar-refractivity contribution in [3.63, 3.8) is 0 Å². The van der Waals surface area contributed by atoms with Gasteiger partial charge in [-0.25, -0.2) is 13.2 Å². The van der Waals surface area contributed by atoms with Gasteiger partial charge in [-0.15, -0.1) is 0 Å². The summed E-state index contributed by atoms with van der Waals surface area (Å²) in [5, 5.41) is 3.26. The van der Waals surface area contributed by atoms with Crippen LogP contribution in [0.1, 0.15) is 27.9 Å². The van der Waals surface area contributed by atoms with Crippen LogP contribution in [0.4, 0.5) is 11.4 Å². The van der Waals surface area contributed by atoms with Crippen LogP contribution in [0.15, 0.2) is 42.5 Å². The molecule has 1 heterocycles. The molecule has 1 N–H and O–H groups in total. The first-order chi connectivity index (χ1) is 14.2. The number of amides is 1. The number of nitrogens with zero attached hydrogens (tertiary/aromatic N) is 1. The molecule has 30 heavy (non-hydrogen) atoms. The Labute approximate surface area is 177 Å². The molecule has 0 radical (unpaired) electrons. The molecule has 1 atom stereocenters. The smallest absolute Gasteiger partial charge is 0.340 e. The Hall–Kier alpha value is -2.87. The van der Waals surface area contributed by atoms with Crippen LogP contribution in [-0.4, -0.2) is 56.4 Å². The van der Waals surface area contributed by atoms with Crippen LogP contribution in [0.2, 0.25) is 0 Å². The first-order valence-corrected chi connectivity index (χ1v) is 11.6.